The quantitative estimate of drug-likeness (QED) is 0.679. The van der Waals surface area contributed by atoms with E-state index in [0.29, 0.717) is 12.1 Å². The third kappa shape index (κ3) is 1.96. The number of fused-ring (bicyclic) bond motifs is 1. The summed E-state index contributed by atoms with van der Waals surface area (Å²) < 4.78 is 0. The lowest BCUT2D eigenvalue weighted by molar-refractivity contribution is 0.100. The second-order valence-corrected chi connectivity index (χ2v) is 4.69. The van der Waals surface area contributed by atoms with Crippen molar-refractivity contribution in [1.29, 1.82) is 0 Å². The highest BCUT2D eigenvalue weighted by molar-refractivity contribution is 6.09. The van der Waals surface area contributed by atoms with E-state index < -0.39 is 5.91 Å². The molecule has 0 aliphatic heterocycles. The third-order valence-corrected chi connectivity index (χ3v) is 3.49. The number of H-pyrrole nitrogens is 1. The zero-order valence-electron chi connectivity index (χ0n) is 10.9. The summed E-state index contributed by atoms with van der Waals surface area (Å²) in [6.45, 7) is 0.528. The van der Waals surface area contributed by atoms with E-state index in [2.05, 4.69) is 4.98 Å². The minimum absolute atomic E-state index is 0.428. The summed E-state index contributed by atoms with van der Waals surface area (Å²) in [7, 11) is 0. The number of aromatic nitrogens is 1. The molecule has 3 aromatic rings. The fourth-order valence-corrected chi connectivity index (χ4v) is 2.43. The van der Waals surface area contributed by atoms with Gasteiger partial charge in [0, 0.05) is 18.1 Å². The Labute approximate surface area is 116 Å². The molecule has 1 heterocycles. The van der Waals surface area contributed by atoms with Crippen LogP contribution in [0, 0.1) is 0 Å². The van der Waals surface area contributed by atoms with Crippen LogP contribution in [0.4, 0.5) is 0 Å². The molecule has 0 saturated carbocycles. The molecule has 0 unspecified atom stereocenters. The summed E-state index contributed by atoms with van der Waals surface area (Å²) in [5.74, 6) is -0.428. The fraction of sp³-hybridized carbons (Fsp3) is 0.0625. The predicted octanol–water partition coefficient (Wildman–Crippen LogP) is 2.39. The second kappa shape index (κ2) is 4.83. The van der Waals surface area contributed by atoms with Crippen molar-refractivity contribution in [3.05, 3.63) is 59.8 Å². The molecular formula is C16H15N3O. The zero-order chi connectivity index (χ0) is 14.1. The molecule has 4 heteroatoms. The highest BCUT2D eigenvalue weighted by Gasteiger charge is 2.11. The fourth-order valence-electron chi connectivity index (χ4n) is 2.43. The third-order valence-electron chi connectivity index (χ3n) is 3.49. The Morgan fingerprint density at radius 1 is 1.05 bits per heavy atom. The average Bonchev–Trinajstić information content (AvgIpc) is 2.95. The first-order chi connectivity index (χ1) is 9.70. The number of benzene rings is 2. The standard InChI is InChI=1S/C16H15N3O/c17-9-10-1-3-11(4-2-10)12-5-6-14(16(18)20)15-13(12)7-8-19-15/h1-8,19H,9,17H2,(H2,18,20). The van der Waals surface area contributed by atoms with E-state index in [-0.39, 0.29) is 0 Å². The van der Waals surface area contributed by atoms with E-state index >= 15 is 0 Å². The van der Waals surface area contributed by atoms with Gasteiger partial charge >= 0.3 is 0 Å². The molecule has 20 heavy (non-hydrogen) atoms. The van der Waals surface area contributed by atoms with Crippen molar-refractivity contribution in [1.82, 2.24) is 4.98 Å². The van der Waals surface area contributed by atoms with Crippen LogP contribution in [0.2, 0.25) is 0 Å². The van der Waals surface area contributed by atoms with Crippen LogP contribution in [0.5, 0.6) is 0 Å². The number of primary amides is 1. The van der Waals surface area contributed by atoms with Crippen LogP contribution in [0.25, 0.3) is 22.0 Å². The topological polar surface area (TPSA) is 84.9 Å². The number of amides is 1. The van der Waals surface area contributed by atoms with Gasteiger partial charge in [-0.05, 0) is 28.8 Å². The minimum Gasteiger partial charge on any atom is -0.366 e. The summed E-state index contributed by atoms with van der Waals surface area (Å²) in [4.78, 5) is 14.5. The molecule has 4 nitrogen and oxygen atoms in total. The molecule has 5 N–H and O–H groups in total. The van der Waals surface area contributed by atoms with Crippen molar-refractivity contribution < 1.29 is 4.79 Å². The SMILES string of the molecule is NCc1ccc(-c2ccc(C(N)=O)c3[nH]ccc23)cc1. The van der Waals surface area contributed by atoms with Gasteiger partial charge in [-0.15, -0.1) is 0 Å². The maximum absolute atomic E-state index is 11.4. The number of nitrogens with one attached hydrogen (secondary N) is 1. The van der Waals surface area contributed by atoms with Gasteiger partial charge < -0.3 is 16.5 Å². The predicted molar refractivity (Wildman–Crippen MR) is 80.1 cm³/mol. The molecule has 3 rings (SSSR count). The highest BCUT2D eigenvalue weighted by Crippen LogP contribution is 2.30. The molecule has 0 aliphatic carbocycles. The van der Waals surface area contributed by atoms with E-state index in [9.17, 15) is 4.79 Å². The molecular weight excluding hydrogens is 250 g/mol. The van der Waals surface area contributed by atoms with E-state index in [1.165, 1.54) is 0 Å². The van der Waals surface area contributed by atoms with Gasteiger partial charge in [0.2, 0.25) is 0 Å². The van der Waals surface area contributed by atoms with Gasteiger partial charge in [0.05, 0.1) is 11.1 Å². The number of hydrogen-bond acceptors (Lipinski definition) is 2. The maximum atomic E-state index is 11.4. The first-order valence-corrected chi connectivity index (χ1v) is 6.40. The molecule has 1 aromatic heterocycles. The molecule has 2 aromatic carbocycles. The summed E-state index contributed by atoms with van der Waals surface area (Å²) in [6.07, 6.45) is 1.81. The van der Waals surface area contributed by atoms with Crippen LogP contribution in [-0.2, 0) is 6.54 Å². The number of nitrogens with two attached hydrogens (primary N) is 2. The lowest BCUT2D eigenvalue weighted by Crippen LogP contribution is -2.11. The molecule has 1 amide bonds. The van der Waals surface area contributed by atoms with Crippen molar-refractivity contribution in [2.75, 3.05) is 0 Å². The van der Waals surface area contributed by atoms with Crippen molar-refractivity contribution in [2.24, 2.45) is 11.5 Å². The molecule has 100 valence electrons. The van der Waals surface area contributed by atoms with Gasteiger partial charge in [-0.2, -0.15) is 0 Å². The van der Waals surface area contributed by atoms with Crippen molar-refractivity contribution in [2.45, 2.75) is 6.54 Å². The van der Waals surface area contributed by atoms with Crippen LogP contribution in [0.3, 0.4) is 0 Å². The Hall–Kier alpha value is -2.59. The van der Waals surface area contributed by atoms with Crippen molar-refractivity contribution in [3.63, 3.8) is 0 Å². The van der Waals surface area contributed by atoms with Gasteiger partial charge in [0.1, 0.15) is 0 Å². The largest absolute Gasteiger partial charge is 0.366 e. The Kier molecular flexibility index (Phi) is 3.00. The van der Waals surface area contributed by atoms with Crippen LogP contribution in [-0.4, -0.2) is 10.9 Å². The molecule has 0 radical (unpaired) electrons. The van der Waals surface area contributed by atoms with Crippen LogP contribution < -0.4 is 11.5 Å². The molecule has 0 fully saturated rings. The van der Waals surface area contributed by atoms with Crippen LogP contribution >= 0.6 is 0 Å². The summed E-state index contributed by atoms with van der Waals surface area (Å²) >= 11 is 0. The highest BCUT2D eigenvalue weighted by atomic mass is 16.1. The molecule has 0 atom stereocenters. The van der Waals surface area contributed by atoms with Gasteiger partial charge in [0.15, 0.2) is 0 Å². The average molecular weight is 265 g/mol. The number of hydrogen-bond donors (Lipinski definition) is 3. The van der Waals surface area contributed by atoms with Gasteiger partial charge in [-0.25, -0.2) is 0 Å². The van der Waals surface area contributed by atoms with Gasteiger partial charge in [-0.1, -0.05) is 30.3 Å². The normalized spacial score (nSPS) is 10.8. The van der Waals surface area contributed by atoms with E-state index in [0.717, 1.165) is 27.6 Å². The molecule has 0 saturated heterocycles. The molecule has 0 bridgehead atoms. The second-order valence-electron chi connectivity index (χ2n) is 4.69. The minimum atomic E-state index is -0.428. The first-order valence-electron chi connectivity index (χ1n) is 6.40. The number of carbonyl (C=O) groups excluding carboxylic acids is 1. The lowest BCUT2D eigenvalue weighted by atomic mass is 9.98. The van der Waals surface area contributed by atoms with E-state index in [1.807, 2.05) is 42.6 Å². The summed E-state index contributed by atoms with van der Waals surface area (Å²) in [5, 5.41) is 0.988. The summed E-state index contributed by atoms with van der Waals surface area (Å²) in [6, 6.07) is 13.7. The Balaban J connectivity index is 2.19. The van der Waals surface area contributed by atoms with E-state index in [4.69, 9.17) is 11.5 Å². The number of aromatic amines is 1. The van der Waals surface area contributed by atoms with Gasteiger partial charge in [0.25, 0.3) is 5.91 Å². The van der Waals surface area contributed by atoms with Crippen LogP contribution in [0.1, 0.15) is 15.9 Å². The van der Waals surface area contributed by atoms with Crippen molar-refractivity contribution in [3.8, 4) is 11.1 Å². The maximum Gasteiger partial charge on any atom is 0.250 e. The number of carbonyl (C=O) groups is 1. The Morgan fingerprint density at radius 2 is 1.80 bits per heavy atom. The lowest BCUT2D eigenvalue weighted by Gasteiger charge is -2.07. The Morgan fingerprint density at radius 3 is 2.45 bits per heavy atom. The zero-order valence-corrected chi connectivity index (χ0v) is 10.9. The monoisotopic (exact) mass is 265 g/mol. The Bertz CT molecular complexity index is 772. The van der Waals surface area contributed by atoms with Crippen molar-refractivity contribution >= 4 is 16.8 Å². The molecule has 0 aliphatic rings. The van der Waals surface area contributed by atoms with Crippen LogP contribution in [0.15, 0.2) is 48.7 Å². The summed E-state index contributed by atoms with van der Waals surface area (Å²) in [5.41, 5.74) is 15.5. The number of rotatable bonds is 3. The molecule has 0 spiro atoms. The van der Waals surface area contributed by atoms with Gasteiger partial charge in [-0.3, -0.25) is 4.79 Å². The van der Waals surface area contributed by atoms with E-state index in [1.54, 1.807) is 6.07 Å². The smallest absolute Gasteiger partial charge is 0.250 e. The first kappa shape index (κ1) is 12.4.